The maximum atomic E-state index is 13.9. The van der Waals surface area contributed by atoms with Crippen LogP contribution in [0.3, 0.4) is 0 Å². The minimum absolute atomic E-state index is 0.0288. The fourth-order valence-corrected chi connectivity index (χ4v) is 3.31. The number of nitrogens with one attached hydrogen (secondary N) is 1. The van der Waals surface area contributed by atoms with E-state index >= 15 is 0 Å². The Bertz CT molecular complexity index is 782. The zero-order valence-electron chi connectivity index (χ0n) is 15.2. The second-order valence-corrected chi connectivity index (χ2v) is 6.86. The van der Waals surface area contributed by atoms with E-state index in [1.165, 1.54) is 6.07 Å². The highest BCUT2D eigenvalue weighted by molar-refractivity contribution is 5.83. The van der Waals surface area contributed by atoms with Crippen molar-refractivity contribution in [1.29, 1.82) is 0 Å². The number of carbonyl (C=O) groups excluding carboxylic acids is 2. The molecule has 6 heteroatoms. The summed E-state index contributed by atoms with van der Waals surface area (Å²) in [5.74, 6) is -0.633. The number of amides is 2. The first-order valence-electron chi connectivity index (χ1n) is 9.31. The third-order valence-corrected chi connectivity index (χ3v) is 4.85. The molecule has 2 amide bonds. The standard InChI is InChI=1S/C21H24FN3O2/c22-19-8-2-1-7-17(19)14-25-15-18(9-10-20(25)26)21(27)24-12-4-6-16-5-3-11-23-13-16/h1-3,5,7-8,11,13,18H,4,6,9-10,12,14-15H2,(H,24,27)/t18-/m1/s1. The normalized spacial score (nSPS) is 17.0. The molecule has 0 unspecified atom stereocenters. The van der Waals surface area contributed by atoms with Crippen molar-refractivity contribution < 1.29 is 14.0 Å². The number of likely N-dealkylation sites (tertiary alicyclic amines) is 1. The van der Waals surface area contributed by atoms with Crippen LogP contribution >= 0.6 is 0 Å². The fraction of sp³-hybridized carbons (Fsp3) is 0.381. The van der Waals surface area contributed by atoms with Crippen LogP contribution in [0.15, 0.2) is 48.8 Å². The van der Waals surface area contributed by atoms with Gasteiger partial charge in [-0.2, -0.15) is 0 Å². The Morgan fingerprint density at radius 1 is 1.26 bits per heavy atom. The Labute approximate surface area is 158 Å². The monoisotopic (exact) mass is 369 g/mol. The van der Waals surface area contributed by atoms with Gasteiger partial charge in [0.15, 0.2) is 0 Å². The Balaban J connectivity index is 1.47. The highest BCUT2D eigenvalue weighted by Crippen LogP contribution is 2.21. The van der Waals surface area contributed by atoms with Crippen LogP contribution in [0, 0.1) is 11.7 Å². The number of carbonyl (C=O) groups is 2. The summed E-state index contributed by atoms with van der Waals surface area (Å²) in [4.78, 5) is 30.3. The van der Waals surface area contributed by atoms with Crippen molar-refractivity contribution >= 4 is 11.8 Å². The number of nitrogens with zero attached hydrogens (tertiary/aromatic N) is 2. The first-order chi connectivity index (χ1) is 13.1. The number of rotatable bonds is 7. The van der Waals surface area contributed by atoms with Crippen molar-refractivity contribution in [2.75, 3.05) is 13.1 Å². The number of piperidine rings is 1. The molecule has 142 valence electrons. The molecule has 1 fully saturated rings. The quantitative estimate of drug-likeness (QED) is 0.764. The molecular weight excluding hydrogens is 345 g/mol. The summed E-state index contributed by atoms with van der Waals surface area (Å²) in [6, 6.07) is 10.3. The molecule has 1 aromatic heterocycles. The molecule has 1 saturated heterocycles. The average molecular weight is 369 g/mol. The predicted molar refractivity (Wildman–Crippen MR) is 100 cm³/mol. The molecular formula is C21H24FN3O2. The van der Waals surface area contributed by atoms with Crippen LogP contribution in [-0.4, -0.2) is 34.8 Å². The SMILES string of the molecule is O=C(NCCCc1cccnc1)[C@@H]1CCC(=O)N(Cc2ccccc2F)C1. The number of hydrogen-bond donors (Lipinski definition) is 1. The van der Waals surface area contributed by atoms with Gasteiger partial charge in [0, 0.05) is 44.0 Å². The molecule has 1 aliphatic rings. The lowest BCUT2D eigenvalue weighted by molar-refractivity contribution is -0.138. The largest absolute Gasteiger partial charge is 0.356 e. The van der Waals surface area contributed by atoms with Gasteiger partial charge in [-0.1, -0.05) is 24.3 Å². The molecule has 1 N–H and O–H groups in total. The zero-order chi connectivity index (χ0) is 19.1. The number of halogens is 1. The topological polar surface area (TPSA) is 62.3 Å². The van der Waals surface area contributed by atoms with E-state index in [-0.39, 0.29) is 30.1 Å². The van der Waals surface area contributed by atoms with Gasteiger partial charge in [0.2, 0.25) is 11.8 Å². The van der Waals surface area contributed by atoms with E-state index in [4.69, 9.17) is 0 Å². The summed E-state index contributed by atoms with van der Waals surface area (Å²) >= 11 is 0. The third-order valence-electron chi connectivity index (χ3n) is 4.85. The number of pyridine rings is 1. The van der Waals surface area contributed by atoms with Gasteiger partial charge >= 0.3 is 0 Å². The predicted octanol–water partition coefficient (Wildman–Crippen LogP) is 2.71. The summed E-state index contributed by atoms with van der Waals surface area (Å²) in [5.41, 5.74) is 1.62. The van der Waals surface area contributed by atoms with Crippen molar-refractivity contribution in [3.8, 4) is 0 Å². The van der Waals surface area contributed by atoms with E-state index in [0.717, 1.165) is 18.4 Å². The molecule has 0 spiro atoms. The summed E-state index contributed by atoms with van der Waals surface area (Å²) in [7, 11) is 0. The van der Waals surface area contributed by atoms with Gasteiger partial charge in [0.05, 0.1) is 5.92 Å². The van der Waals surface area contributed by atoms with Crippen LogP contribution in [0.4, 0.5) is 4.39 Å². The molecule has 27 heavy (non-hydrogen) atoms. The summed E-state index contributed by atoms with van der Waals surface area (Å²) in [5, 5.41) is 2.96. The lowest BCUT2D eigenvalue weighted by Gasteiger charge is -2.32. The molecule has 0 radical (unpaired) electrons. The fourth-order valence-electron chi connectivity index (χ4n) is 3.31. The van der Waals surface area contributed by atoms with Crippen LogP contribution in [0.5, 0.6) is 0 Å². The van der Waals surface area contributed by atoms with E-state index < -0.39 is 0 Å². The average Bonchev–Trinajstić information content (AvgIpc) is 2.69. The van der Waals surface area contributed by atoms with Crippen molar-refractivity contribution in [2.24, 2.45) is 5.92 Å². The molecule has 3 rings (SSSR count). The van der Waals surface area contributed by atoms with Crippen molar-refractivity contribution in [3.63, 3.8) is 0 Å². The Kier molecular flexibility index (Phi) is 6.52. The second kappa shape index (κ2) is 9.26. The van der Waals surface area contributed by atoms with Crippen LogP contribution in [0.1, 0.15) is 30.4 Å². The van der Waals surface area contributed by atoms with Gasteiger partial charge in [0.1, 0.15) is 5.82 Å². The first-order valence-corrected chi connectivity index (χ1v) is 9.31. The van der Waals surface area contributed by atoms with Gasteiger partial charge in [-0.05, 0) is 37.0 Å². The minimum Gasteiger partial charge on any atom is -0.356 e. The Morgan fingerprint density at radius 2 is 2.11 bits per heavy atom. The molecule has 2 heterocycles. The number of hydrogen-bond acceptors (Lipinski definition) is 3. The molecule has 1 atom stereocenters. The van der Waals surface area contributed by atoms with E-state index in [1.807, 2.05) is 18.3 Å². The van der Waals surface area contributed by atoms with Gasteiger partial charge in [0.25, 0.3) is 0 Å². The molecule has 2 aromatic rings. The summed E-state index contributed by atoms with van der Waals surface area (Å²) < 4.78 is 13.9. The number of aryl methyl sites for hydroxylation is 1. The lowest BCUT2D eigenvalue weighted by atomic mass is 9.96. The first kappa shape index (κ1) is 19.0. The maximum absolute atomic E-state index is 13.9. The van der Waals surface area contributed by atoms with Crippen LogP contribution in [0.2, 0.25) is 0 Å². The van der Waals surface area contributed by atoms with Crippen LogP contribution in [-0.2, 0) is 22.6 Å². The maximum Gasteiger partial charge on any atom is 0.224 e. The zero-order valence-corrected chi connectivity index (χ0v) is 15.2. The Hall–Kier alpha value is -2.76. The smallest absolute Gasteiger partial charge is 0.224 e. The molecule has 5 nitrogen and oxygen atoms in total. The highest BCUT2D eigenvalue weighted by atomic mass is 19.1. The van der Waals surface area contributed by atoms with E-state index in [0.29, 0.717) is 31.5 Å². The molecule has 1 aromatic carbocycles. The van der Waals surface area contributed by atoms with Crippen molar-refractivity contribution in [2.45, 2.75) is 32.2 Å². The molecule has 0 saturated carbocycles. The minimum atomic E-state index is -0.327. The van der Waals surface area contributed by atoms with Gasteiger partial charge in [-0.3, -0.25) is 14.6 Å². The lowest BCUT2D eigenvalue weighted by Crippen LogP contribution is -2.45. The molecule has 0 bridgehead atoms. The number of aromatic nitrogens is 1. The van der Waals surface area contributed by atoms with E-state index in [9.17, 15) is 14.0 Å². The summed E-state index contributed by atoms with van der Waals surface area (Å²) in [6.45, 7) is 1.13. The summed E-state index contributed by atoms with van der Waals surface area (Å²) in [6.07, 6.45) is 6.12. The van der Waals surface area contributed by atoms with E-state index in [1.54, 1.807) is 29.3 Å². The Morgan fingerprint density at radius 3 is 2.89 bits per heavy atom. The van der Waals surface area contributed by atoms with Gasteiger partial charge in [-0.15, -0.1) is 0 Å². The molecule has 0 aliphatic carbocycles. The van der Waals surface area contributed by atoms with Crippen molar-refractivity contribution in [3.05, 3.63) is 65.7 Å². The van der Waals surface area contributed by atoms with E-state index in [2.05, 4.69) is 10.3 Å². The van der Waals surface area contributed by atoms with Crippen molar-refractivity contribution in [1.82, 2.24) is 15.2 Å². The molecule has 1 aliphatic heterocycles. The van der Waals surface area contributed by atoms with Crippen LogP contribution in [0.25, 0.3) is 0 Å². The van der Waals surface area contributed by atoms with Gasteiger partial charge < -0.3 is 10.2 Å². The third kappa shape index (κ3) is 5.36. The second-order valence-electron chi connectivity index (χ2n) is 6.86. The number of benzene rings is 1. The highest BCUT2D eigenvalue weighted by Gasteiger charge is 2.30. The van der Waals surface area contributed by atoms with Crippen LogP contribution < -0.4 is 5.32 Å². The van der Waals surface area contributed by atoms with Gasteiger partial charge in [-0.25, -0.2) is 4.39 Å².